The second-order valence-electron chi connectivity index (χ2n) is 6.54. The van der Waals surface area contributed by atoms with E-state index >= 15 is 0 Å². The number of hydrogen-bond acceptors (Lipinski definition) is 5. The number of benzene rings is 1. The van der Waals surface area contributed by atoms with Crippen LogP contribution in [0.1, 0.15) is 37.6 Å². The number of nitrogens with one attached hydrogen (secondary N) is 1. The summed E-state index contributed by atoms with van der Waals surface area (Å²) in [6.45, 7) is 1.93. The molecule has 0 radical (unpaired) electrons. The maximum Gasteiger partial charge on any atom is 0.333 e. The van der Waals surface area contributed by atoms with Crippen LogP contribution < -0.4 is 11.0 Å². The largest absolute Gasteiger partial charge is 0.333 e. The number of allylic oxidation sites excluding steroid dienone is 2. The molecule has 3 aromatic rings. The fourth-order valence-electron chi connectivity index (χ4n) is 3.41. The molecule has 0 aliphatic heterocycles. The van der Waals surface area contributed by atoms with E-state index in [1.165, 1.54) is 15.9 Å². The van der Waals surface area contributed by atoms with Crippen molar-refractivity contribution in [2.45, 2.75) is 45.6 Å². The molecule has 0 fully saturated rings. The molecule has 0 unspecified atom stereocenters. The highest BCUT2D eigenvalue weighted by molar-refractivity contribution is 7.15. The Morgan fingerprint density at radius 3 is 2.74 bits per heavy atom. The van der Waals surface area contributed by atoms with Crippen LogP contribution in [0.2, 0.25) is 0 Å². The van der Waals surface area contributed by atoms with Crippen LogP contribution in [0, 0.1) is 0 Å². The number of aryl methyl sites for hydroxylation is 1. The van der Waals surface area contributed by atoms with E-state index in [0.717, 1.165) is 53.8 Å². The van der Waals surface area contributed by atoms with Crippen LogP contribution in [0.4, 0.5) is 5.13 Å². The zero-order chi connectivity index (χ0) is 18.8. The van der Waals surface area contributed by atoms with E-state index < -0.39 is 0 Å². The Hall–Kier alpha value is -2.74. The van der Waals surface area contributed by atoms with Gasteiger partial charge in [0.05, 0.1) is 11.0 Å². The molecular weight excluding hydrogens is 362 g/mol. The number of aromatic nitrogens is 4. The highest BCUT2D eigenvalue weighted by Gasteiger charge is 2.19. The van der Waals surface area contributed by atoms with E-state index in [1.807, 2.05) is 31.2 Å². The summed E-state index contributed by atoms with van der Waals surface area (Å²) in [5.41, 5.74) is 2.45. The first kappa shape index (κ1) is 17.7. The first-order chi connectivity index (χ1) is 13.2. The average molecular weight is 383 g/mol. The normalized spacial score (nSPS) is 14.3. The standard InChI is InChI=1S/C19H21N5O2S/c1-2-17-21-22-18(27-17)20-16(25)12-23-14-10-6-7-11-15(14)24(19(23)26)13-8-4-3-5-9-13/h6-8,10-11H,2-5,9,12H2,1H3,(H,20,22,25). The summed E-state index contributed by atoms with van der Waals surface area (Å²) in [5, 5.41) is 12.0. The van der Waals surface area contributed by atoms with Gasteiger partial charge in [-0.3, -0.25) is 19.2 Å². The van der Waals surface area contributed by atoms with Gasteiger partial charge in [0.2, 0.25) is 11.0 Å². The van der Waals surface area contributed by atoms with Gasteiger partial charge < -0.3 is 0 Å². The molecule has 1 aliphatic rings. The Labute approximate surface area is 160 Å². The van der Waals surface area contributed by atoms with Crippen LogP contribution in [-0.4, -0.2) is 25.2 Å². The lowest BCUT2D eigenvalue weighted by Gasteiger charge is -2.13. The van der Waals surface area contributed by atoms with Crippen LogP contribution in [-0.2, 0) is 17.8 Å². The van der Waals surface area contributed by atoms with E-state index in [9.17, 15) is 9.59 Å². The van der Waals surface area contributed by atoms with Crippen molar-refractivity contribution >= 4 is 39.1 Å². The molecule has 4 rings (SSSR count). The Balaban J connectivity index is 1.67. The maximum absolute atomic E-state index is 13.1. The van der Waals surface area contributed by atoms with Crippen molar-refractivity contribution in [2.24, 2.45) is 0 Å². The molecule has 0 bridgehead atoms. The fourth-order valence-corrected chi connectivity index (χ4v) is 4.11. The van der Waals surface area contributed by atoms with Gasteiger partial charge >= 0.3 is 5.69 Å². The predicted molar refractivity (Wildman–Crippen MR) is 107 cm³/mol. The third kappa shape index (κ3) is 3.44. The van der Waals surface area contributed by atoms with Crippen LogP contribution >= 0.6 is 11.3 Å². The van der Waals surface area contributed by atoms with Crippen molar-refractivity contribution < 1.29 is 4.79 Å². The smallest absolute Gasteiger partial charge is 0.299 e. The first-order valence-corrected chi connectivity index (χ1v) is 10.0. The van der Waals surface area contributed by atoms with E-state index in [-0.39, 0.29) is 18.1 Å². The molecule has 1 aliphatic carbocycles. The Morgan fingerprint density at radius 1 is 1.22 bits per heavy atom. The summed E-state index contributed by atoms with van der Waals surface area (Å²) in [7, 11) is 0. The Bertz CT molecular complexity index is 1080. The summed E-state index contributed by atoms with van der Waals surface area (Å²) in [4.78, 5) is 25.6. The number of nitrogens with zero attached hydrogens (tertiary/aromatic N) is 4. The van der Waals surface area contributed by atoms with Gasteiger partial charge in [-0.2, -0.15) is 0 Å². The average Bonchev–Trinajstić information content (AvgIpc) is 3.25. The molecule has 0 saturated carbocycles. The minimum Gasteiger partial charge on any atom is -0.299 e. The van der Waals surface area contributed by atoms with Gasteiger partial charge in [-0.05, 0) is 44.2 Å². The van der Waals surface area contributed by atoms with Crippen LogP contribution in [0.5, 0.6) is 0 Å². The van der Waals surface area contributed by atoms with E-state index in [4.69, 9.17) is 0 Å². The predicted octanol–water partition coefficient (Wildman–Crippen LogP) is 3.27. The molecule has 1 N–H and O–H groups in total. The molecular formula is C19H21N5O2S. The molecule has 2 aromatic heterocycles. The second-order valence-corrected chi connectivity index (χ2v) is 7.60. The lowest BCUT2D eigenvalue weighted by molar-refractivity contribution is -0.116. The van der Waals surface area contributed by atoms with Crippen LogP contribution in [0.15, 0.2) is 35.1 Å². The van der Waals surface area contributed by atoms with Crippen LogP contribution in [0.25, 0.3) is 16.7 Å². The van der Waals surface area contributed by atoms with Gasteiger partial charge in [-0.1, -0.05) is 36.5 Å². The SMILES string of the molecule is CCc1nnc(NC(=O)Cn2c(=O)n(C3=CCCCC3)c3ccccc32)s1. The molecule has 140 valence electrons. The van der Waals surface area contributed by atoms with Crippen molar-refractivity contribution in [2.75, 3.05) is 5.32 Å². The molecule has 8 heteroatoms. The first-order valence-electron chi connectivity index (χ1n) is 9.19. The number of para-hydroxylation sites is 2. The van der Waals surface area contributed by atoms with Gasteiger partial charge in [0.25, 0.3) is 0 Å². The molecule has 27 heavy (non-hydrogen) atoms. The number of fused-ring (bicyclic) bond motifs is 1. The summed E-state index contributed by atoms with van der Waals surface area (Å²) in [5.74, 6) is -0.281. The van der Waals surface area contributed by atoms with E-state index in [2.05, 4.69) is 21.6 Å². The lowest BCUT2D eigenvalue weighted by atomic mass is 10.0. The third-order valence-corrected chi connectivity index (χ3v) is 5.69. The summed E-state index contributed by atoms with van der Waals surface area (Å²) in [6.07, 6.45) is 7.00. The minimum absolute atomic E-state index is 0.0549. The third-order valence-electron chi connectivity index (χ3n) is 4.71. The number of hydrogen-bond donors (Lipinski definition) is 1. The second kappa shape index (κ2) is 7.48. The molecule has 1 aromatic carbocycles. The number of anilines is 1. The number of carbonyl (C=O) groups is 1. The summed E-state index contributed by atoms with van der Waals surface area (Å²) in [6, 6.07) is 7.61. The molecule has 0 spiro atoms. The van der Waals surface area contributed by atoms with Gasteiger partial charge in [-0.15, -0.1) is 10.2 Å². The topological polar surface area (TPSA) is 81.8 Å². The van der Waals surface area contributed by atoms with Gasteiger partial charge in [0, 0.05) is 5.70 Å². The van der Waals surface area contributed by atoms with E-state index in [1.54, 1.807) is 4.57 Å². The summed E-state index contributed by atoms with van der Waals surface area (Å²) < 4.78 is 3.28. The Kier molecular flexibility index (Phi) is 4.89. The maximum atomic E-state index is 13.1. The van der Waals surface area contributed by atoms with Crippen LogP contribution in [0.3, 0.4) is 0 Å². The molecule has 0 atom stereocenters. The number of carbonyl (C=O) groups excluding carboxylic acids is 1. The highest BCUT2D eigenvalue weighted by atomic mass is 32.1. The zero-order valence-corrected chi connectivity index (χ0v) is 16.0. The number of amides is 1. The van der Waals surface area contributed by atoms with Gasteiger partial charge in [-0.25, -0.2) is 4.79 Å². The Morgan fingerprint density at radius 2 is 2.04 bits per heavy atom. The molecule has 2 heterocycles. The van der Waals surface area contributed by atoms with Crippen molar-refractivity contribution in [1.29, 1.82) is 0 Å². The van der Waals surface area contributed by atoms with E-state index in [0.29, 0.717) is 5.13 Å². The van der Waals surface area contributed by atoms with Gasteiger partial charge in [0.15, 0.2) is 0 Å². The molecule has 1 amide bonds. The zero-order valence-electron chi connectivity index (χ0n) is 15.1. The summed E-state index contributed by atoms with van der Waals surface area (Å²) >= 11 is 1.35. The molecule has 0 saturated heterocycles. The number of rotatable bonds is 5. The highest BCUT2D eigenvalue weighted by Crippen LogP contribution is 2.25. The lowest BCUT2D eigenvalue weighted by Crippen LogP contribution is -2.29. The quantitative estimate of drug-likeness (QED) is 0.733. The van der Waals surface area contributed by atoms with Crippen molar-refractivity contribution in [3.63, 3.8) is 0 Å². The van der Waals surface area contributed by atoms with Gasteiger partial charge in [0.1, 0.15) is 11.6 Å². The fraction of sp³-hybridized carbons (Fsp3) is 0.368. The molecule has 7 nitrogen and oxygen atoms in total. The minimum atomic E-state index is -0.281. The van der Waals surface area contributed by atoms with Crippen molar-refractivity contribution in [3.05, 3.63) is 45.8 Å². The van der Waals surface area contributed by atoms with Crippen molar-refractivity contribution in [3.8, 4) is 0 Å². The monoisotopic (exact) mass is 383 g/mol. The van der Waals surface area contributed by atoms with Crippen molar-refractivity contribution in [1.82, 2.24) is 19.3 Å². The number of imidazole rings is 1.